The smallest absolute Gasteiger partial charge is 0.261 e. The minimum atomic E-state index is -3.15. The lowest BCUT2D eigenvalue weighted by Gasteiger charge is -2.28. The summed E-state index contributed by atoms with van der Waals surface area (Å²) in [5.41, 5.74) is 0.839. The topological polar surface area (TPSA) is 72.9 Å². The second kappa shape index (κ2) is 9.24. The van der Waals surface area contributed by atoms with E-state index in [1.54, 1.807) is 30.2 Å². The fourth-order valence-corrected chi connectivity index (χ4v) is 5.42. The van der Waals surface area contributed by atoms with Gasteiger partial charge in [-0.05, 0) is 42.3 Å². The normalized spacial score (nSPS) is 17.7. The Morgan fingerprint density at radius 1 is 1.21 bits per heavy atom. The summed E-state index contributed by atoms with van der Waals surface area (Å²) in [6.07, 6.45) is 0.403. The summed E-state index contributed by atoms with van der Waals surface area (Å²) in [6, 6.07) is 11.6. The highest BCUT2D eigenvalue weighted by molar-refractivity contribution is 7.91. The first-order chi connectivity index (χ1) is 13.8. The molecule has 0 bridgehead atoms. The molecule has 0 radical (unpaired) electrons. The lowest BCUT2D eigenvalue weighted by molar-refractivity contribution is -0.136. The lowest BCUT2D eigenvalue weighted by atomic mass is 10.1. The van der Waals surface area contributed by atoms with Crippen molar-refractivity contribution in [3.05, 3.63) is 58.1 Å². The number of carbonyl (C=O) groups is 1. The molecule has 0 saturated carbocycles. The predicted molar refractivity (Wildman–Crippen MR) is 113 cm³/mol. The van der Waals surface area contributed by atoms with E-state index in [0.29, 0.717) is 28.0 Å². The third-order valence-corrected chi connectivity index (χ3v) is 6.98. The number of hydrogen-bond donors (Lipinski definition) is 0. The summed E-state index contributed by atoms with van der Waals surface area (Å²) in [7, 11) is -1.59. The summed E-state index contributed by atoms with van der Waals surface area (Å²) in [6.45, 7) is -0.00417. The largest absolute Gasteiger partial charge is 0.497 e. The van der Waals surface area contributed by atoms with Crippen molar-refractivity contribution in [2.45, 2.75) is 19.0 Å². The molecule has 1 aliphatic heterocycles. The monoisotopic (exact) mass is 457 g/mol. The highest BCUT2D eigenvalue weighted by atomic mass is 35.5. The molecule has 3 rings (SSSR count). The van der Waals surface area contributed by atoms with Crippen molar-refractivity contribution in [2.24, 2.45) is 0 Å². The van der Waals surface area contributed by atoms with E-state index in [-0.39, 0.29) is 30.6 Å². The highest BCUT2D eigenvalue weighted by Crippen LogP contribution is 2.28. The van der Waals surface area contributed by atoms with Crippen LogP contribution in [0.25, 0.3) is 0 Å². The van der Waals surface area contributed by atoms with Crippen LogP contribution in [-0.4, -0.2) is 50.5 Å². The Balaban J connectivity index is 1.77. The second-order valence-corrected chi connectivity index (χ2v) is 9.87. The molecule has 1 aliphatic rings. The maximum absolute atomic E-state index is 13.0. The molecular weight excluding hydrogens is 437 g/mol. The Morgan fingerprint density at radius 3 is 2.66 bits per heavy atom. The van der Waals surface area contributed by atoms with Gasteiger partial charge in [0, 0.05) is 17.6 Å². The van der Waals surface area contributed by atoms with Gasteiger partial charge in [-0.15, -0.1) is 0 Å². The summed E-state index contributed by atoms with van der Waals surface area (Å²) in [5, 5.41) is 0.762. The quantitative estimate of drug-likeness (QED) is 0.634. The third kappa shape index (κ3) is 5.78. The maximum atomic E-state index is 13.0. The van der Waals surface area contributed by atoms with E-state index in [0.717, 1.165) is 5.56 Å². The van der Waals surface area contributed by atoms with Gasteiger partial charge in [0.1, 0.15) is 11.5 Å². The average molecular weight is 458 g/mol. The van der Waals surface area contributed by atoms with E-state index in [9.17, 15) is 13.2 Å². The Kier molecular flexibility index (Phi) is 6.93. The molecule has 156 valence electrons. The molecule has 1 heterocycles. The van der Waals surface area contributed by atoms with Crippen molar-refractivity contribution in [3.8, 4) is 11.5 Å². The Labute approximate surface area is 180 Å². The van der Waals surface area contributed by atoms with Crippen LogP contribution in [0, 0.1) is 0 Å². The van der Waals surface area contributed by atoms with Gasteiger partial charge in [0.2, 0.25) is 0 Å². The van der Waals surface area contributed by atoms with Gasteiger partial charge in [0.15, 0.2) is 16.4 Å². The van der Waals surface area contributed by atoms with E-state index in [2.05, 4.69) is 0 Å². The fraction of sp³-hybridized carbons (Fsp3) is 0.350. The minimum Gasteiger partial charge on any atom is -0.497 e. The molecule has 0 spiro atoms. The molecule has 0 aromatic heterocycles. The molecular formula is C20H21Cl2NO5S. The SMILES string of the molecule is COc1cccc(CN(C(=O)COc2ccc(Cl)cc2Cl)C2CCS(=O)(=O)C2)c1. The third-order valence-electron chi connectivity index (χ3n) is 4.70. The fourth-order valence-electron chi connectivity index (χ4n) is 3.22. The summed E-state index contributed by atoms with van der Waals surface area (Å²) in [4.78, 5) is 14.5. The number of rotatable bonds is 7. The Hall–Kier alpha value is -1.96. The van der Waals surface area contributed by atoms with Crippen LogP contribution in [0.1, 0.15) is 12.0 Å². The average Bonchev–Trinajstić information content (AvgIpc) is 3.04. The van der Waals surface area contributed by atoms with E-state index in [1.807, 2.05) is 18.2 Å². The molecule has 9 heteroatoms. The van der Waals surface area contributed by atoms with Gasteiger partial charge >= 0.3 is 0 Å². The zero-order valence-electron chi connectivity index (χ0n) is 15.8. The van der Waals surface area contributed by atoms with Crippen LogP contribution in [-0.2, 0) is 21.2 Å². The van der Waals surface area contributed by atoms with Crippen molar-refractivity contribution in [3.63, 3.8) is 0 Å². The molecule has 1 atom stereocenters. The zero-order chi connectivity index (χ0) is 21.0. The Bertz CT molecular complexity index is 996. The zero-order valence-corrected chi connectivity index (χ0v) is 18.1. The van der Waals surface area contributed by atoms with E-state index in [1.165, 1.54) is 6.07 Å². The second-order valence-electron chi connectivity index (χ2n) is 6.79. The van der Waals surface area contributed by atoms with Gasteiger partial charge in [-0.1, -0.05) is 35.3 Å². The van der Waals surface area contributed by atoms with Gasteiger partial charge in [0.25, 0.3) is 5.91 Å². The van der Waals surface area contributed by atoms with Crippen LogP contribution in [0.3, 0.4) is 0 Å². The van der Waals surface area contributed by atoms with Crippen molar-refractivity contribution < 1.29 is 22.7 Å². The van der Waals surface area contributed by atoms with E-state index < -0.39 is 15.9 Å². The first-order valence-corrected chi connectivity index (χ1v) is 11.6. The molecule has 29 heavy (non-hydrogen) atoms. The lowest BCUT2D eigenvalue weighted by Crippen LogP contribution is -2.43. The molecule has 1 fully saturated rings. The number of benzene rings is 2. The number of methoxy groups -OCH3 is 1. The molecule has 0 N–H and O–H groups in total. The van der Waals surface area contributed by atoms with Gasteiger partial charge in [-0.2, -0.15) is 0 Å². The first-order valence-electron chi connectivity index (χ1n) is 8.98. The van der Waals surface area contributed by atoms with Gasteiger partial charge < -0.3 is 14.4 Å². The molecule has 2 aromatic rings. The van der Waals surface area contributed by atoms with Crippen LogP contribution >= 0.6 is 23.2 Å². The standard InChI is InChI=1S/C20H21Cl2NO5S/c1-27-17-4-2-3-14(9-17)11-23(16-7-8-29(25,26)13-16)20(24)12-28-19-6-5-15(21)10-18(19)22/h2-6,9-10,16H,7-8,11-13H2,1H3. The number of carbonyl (C=O) groups excluding carboxylic acids is 1. The molecule has 2 aromatic carbocycles. The van der Waals surface area contributed by atoms with Crippen molar-refractivity contribution >= 4 is 38.9 Å². The number of sulfone groups is 1. The molecule has 1 amide bonds. The van der Waals surface area contributed by atoms with Crippen LogP contribution in [0.4, 0.5) is 0 Å². The van der Waals surface area contributed by atoms with Crippen LogP contribution < -0.4 is 9.47 Å². The van der Waals surface area contributed by atoms with Gasteiger partial charge in [-0.25, -0.2) is 8.42 Å². The number of hydrogen-bond acceptors (Lipinski definition) is 5. The van der Waals surface area contributed by atoms with Gasteiger partial charge in [-0.3, -0.25) is 4.79 Å². The number of halogens is 2. The number of ether oxygens (including phenoxy) is 2. The first kappa shape index (κ1) is 21.7. The van der Waals surface area contributed by atoms with Crippen LogP contribution in [0.2, 0.25) is 10.0 Å². The van der Waals surface area contributed by atoms with Crippen molar-refractivity contribution in [1.29, 1.82) is 0 Å². The highest BCUT2D eigenvalue weighted by Gasteiger charge is 2.35. The van der Waals surface area contributed by atoms with Crippen molar-refractivity contribution in [2.75, 3.05) is 25.2 Å². The van der Waals surface area contributed by atoms with Crippen molar-refractivity contribution in [1.82, 2.24) is 4.90 Å². The molecule has 0 aliphatic carbocycles. The maximum Gasteiger partial charge on any atom is 0.261 e. The predicted octanol–water partition coefficient (Wildman–Crippen LogP) is 3.60. The van der Waals surface area contributed by atoms with E-state index in [4.69, 9.17) is 32.7 Å². The Morgan fingerprint density at radius 2 is 2.00 bits per heavy atom. The summed E-state index contributed by atoms with van der Waals surface area (Å²) < 4.78 is 34.7. The molecule has 1 saturated heterocycles. The van der Waals surface area contributed by atoms with Gasteiger partial charge in [0.05, 0.1) is 23.6 Å². The number of nitrogens with zero attached hydrogens (tertiary/aromatic N) is 1. The molecule has 1 unspecified atom stereocenters. The van der Waals surface area contributed by atoms with Crippen LogP contribution in [0.15, 0.2) is 42.5 Å². The summed E-state index contributed by atoms with van der Waals surface area (Å²) >= 11 is 12.0. The van der Waals surface area contributed by atoms with E-state index >= 15 is 0 Å². The van der Waals surface area contributed by atoms with Crippen LogP contribution in [0.5, 0.6) is 11.5 Å². The molecule has 6 nitrogen and oxygen atoms in total. The number of amides is 1. The summed E-state index contributed by atoms with van der Waals surface area (Å²) in [5.74, 6) is 0.706. The minimum absolute atomic E-state index is 0.0512.